The fraction of sp³-hybridized carbons (Fsp3) is 0.414. The number of rotatable bonds is 33. The van der Waals surface area contributed by atoms with Crippen LogP contribution in [0, 0.1) is 21.7 Å². The minimum atomic E-state index is -0.889. The molecule has 0 aliphatic carbocycles. The van der Waals surface area contributed by atoms with Crippen molar-refractivity contribution in [1.29, 1.82) is 0 Å². The molecule has 378 valence electrons. The second-order valence-corrected chi connectivity index (χ2v) is 17.7. The second kappa shape index (κ2) is 31.5. The lowest BCUT2D eigenvalue weighted by molar-refractivity contribution is -0.386. The zero-order valence-electron chi connectivity index (χ0n) is 41.4. The van der Waals surface area contributed by atoms with Crippen LogP contribution in [0.3, 0.4) is 0 Å². The third kappa shape index (κ3) is 19.9. The summed E-state index contributed by atoms with van der Waals surface area (Å²) in [5.41, 5.74) is 1.42. The number of hydrogen-bond donors (Lipinski definition) is 0. The lowest BCUT2D eigenvalue weighted by Crippen LogP contribution is -2.12. The van der Waals surface area contributed by atoms with E-state index in [9.17, 15) is 28.5 Å². The molecular weight excluding hydrogens is 905 g/mol. The smallest absolute Gasteiger partial charge is 0.353 e. The number of nitro benzene ring substituents is 1. The molecule has 71 heavy (non-hydrogen) atoms. The van der Waals surface area contributed by atoms with E-state index in [1.165, 1.54) is 157 Å². The molecule has 11 nitrogen and oxygen atoms in total. The van der Waals surface area contributed by atoms with Crippen molar-refractivity contribution >= 4 is 41.4 Å². The van der Waals surface area contributed by atoms with Crippen LogP contribution in [0.25, 0.3) is 0 Å². The topological polar surface area (TPSA) is 139 Å². The largest absolute Gasteiger partial charge is 0.491 e. The highest BCUT2D eigenvalue weighted by Crippen LogP contribution is 2.37. The molecule has 0 saturated heterocycles. The zero-order chi connectivity index (χ0) is 50.5. The van der Waals surface area contributed by atoms with Gasteiger partial charge in [-0.05, 0) is 84.6 Å². The van der Waals surface area contributed by atoms with Gasteiger partial charge in [-0.25, -0.2) is 18.4 Å². The predicted molar refractivity (Wildman–Crippen MR) is 278 cm³/mol. The molecule has 0 unspecified atom stereocenters. The van der Waals surface area contributed by atoms with E-state index in [0.717, 1.165) is 38.5 Å². The first kappa shape index (κ1) is 55.2. The maximum absolute atomic E-state index is 14.8. The van der Waals surface area contributed by atoms with E-state index in [-0.39, 0.29) is 22.6 Å². The van der Waals surface area contributed by atoms with Gasteiger partial charge in [-0.2, -0.15) is 0 Å². The fourth-order valence-corrected chi connectivity index (χ4v) is 7.79. The van der Waals surface area contributed by atoms with Gasteiger partial charge in [0.25, 0.3) is 0 Å². The summed E-state index contributed by atoms with van der Waals surface area (Å²) in [6.07, 6.45) is 27.1. The van der Waals surface area contributed by atoms with Gasteiger partial charge in [0.15, 0.2) is 23.1 Å². The maximum atomic E-state index is 14.8. The standard InChI is InChI=1S/C58H69F2N3O8/c1-3-5-7-9-11-13-15-17-19-21-38-68-52-36-34-48(40-50(52)59)61-42-44-26-30-46(31-27-44)57(64)70-54-24-23-25-55(56(54)63(66)67)71-58(65)47-32-28-45(29-33-47)43-62-49-35-37-53(51(60)41-49)69-39-22-20-18-16-14-12-10-8-6-4-2/h23-37,40-43H,3-22,38-39H2,1-2H3. The Bertz CT molecular complexity index is 2310. The number of nitrogens with zero attached hydrogens (tertiary/aromatic N) is 3. The number of unbranched alkanes of at least 4 members (excludes halogenated alkanes) is 18. The van der Waals surface area contributed by atoms with Crippen molar-refractivity contribution in [3.8, 4) is 23.0 Å². The SMILES string of the molecule is CCCCCCCCCCCCOc1ccc(N=Cc2ccc(C(=O)Oc3cccc(OC(=O)c4ccc(C=Nc5ccc(OCCCCCCCCCCCC)c(F)c5)cc4)c3[N+](=O)[O-])cc2)cc1F. The number of ether oxygens (including phenoxy) is 4. The van der Waals surface area contributed by atoms with E-state index in [4.69, 9.17) is 18.9 Å². The van der Waals surface area contributed by atoms with E-state index < -0.39 is 45.7 Å². The number of hydrogen-bond acceptors (Lipinski definition) is 10. The molecule has 0 aromatic heterocycles. The van der Waals surface area contributed by atoms with Crippen molar-refractivity contribution < 1.29 is 42.2 Å². The Morgan fingerprint density at radius 2 is 0.845 bits per heavy atom. The zero-order valence-corrected chi connectivity index (χ0v) is 41.4. The number of aliphatic imine (C=N–C) groups is 2. The van der Waals surface area contributed by atoms with Crippen molar-refractivity contribution in [3.63, 3.8) is 0 Å². The van der Waals surface area contributed by atoms with Crippen molar-refractivity contribution in [2.45, 2.75) is 142 Å². The molecular formula is C58H69F2N3O8. The quantitative estimate of drug-likeness (QED) is 0.0101. The van der Waals surface area contributed by atoms with Gasteiger partial charge in [-0.15, -0.1) is 0 Å². The molecule has 5 aromatic carbocycles. The van der Waals surface area contributed by atoms with Gasteiger partial charge in [0.05, 0.1) is 40.6 Å². The van der Waals surface area contributed by atoms with Crippen LogP contribution in [0.1, 0.15) is 174 Å². The van der Waals surface area contributed by atoms with Gasteiger partial charge in [0.1, 0.15) is 0 Å². The lowest BCUT2D eigenvalue weighted by atomic mass is 10.1. The number of carbonyl (C=O) groups is 2. The molecule has 0 atom stereocenters. The summed E-state index contributed by atoms with van der Waals surface area (Å²) in [5, 5.41) is 12.2. The van der Waals surface area contributed by atoms with E-state index in [1.807, 2.05) is 0 Å². The molecule has 5 aromatic rings. The molecule has 5 rings (SSSR count). The number of carbonyl (C=O) groups excluding carboxylic acids is 2. The number of halogens is 2. The number of nitro groups is 1. The first-order valence-corrected chi connectivity index (χ1v) is 25.5. The summed E-state index contributed by atoms with van der Waals surface area (Å²) < 4.78 is 51.7. The van der Waals surface area contributed by atoms with Gasteiger partial charge in [0.2, 0.25) is 11.5 Å². The van der Waals surface area contributed by atoms with Crippen LogP contribution in [-0.4, -0.2) is 42.5 Å². The highest BCUT2D eigenvalue weighted by atomic mass is 19.1. The molecule has 0 aliphatic rings. The monoisotopic (exact) mass is 974 g/mol. The van der Waals surface area contributed by atoms with Crippen LogP contribution in [0.2, 0.25) is 0 Å². The summed E-state index contributed by atoms with van der Waals surface area (Å²) in [6.45, 7) is 5.34. The third-order valence-electron chi connectivity index (χ3n) is 11.9. The Balaban J connectivity index is 1.06. The normalized spacial score (nSPS) is 11.3. The summed E-state index contributed by atoms with van der Waals surface area (Å²) in [5.74, 6) is -3.29. The Labute approximate surface area is 417 Å². The van der Waals surface area contributed by atoms with Crippen molar-refractivity contribution in [3.05, 3.63) is 147 Å². The average Bonchev–Trinajstić information content (AvgIpc) is 3.37. The van der Waals surface area contributed by atoms with Crippen LogP contribution in [0.4, 0.5) is 25.8 Å². The minimum absolute atomic E-state index is 0.0865. The van der Waals surface area contributed by atoms with Crippen molar-refractivity contribution in [2.24, 2.45) is 9.98 Å². The second-order valence-electron chi connectivity index (χ2n) is 17.7. The molecule has 0 saturated carbocycles. The number of para-hydroxylation sites is 1. The molecule has 0 bridgehead atoms. The molecule has 0 radical (unpaired) electrons. The third-order valence-corrected chi connectivity index (χ3v) is 11.9. The van der Waals surface area contributed by atoms with Crippen LogP contribution >= 0.6 is 0 Å². The Kier molecular flexibility index (Phi) is 24.4. The number of benzene rings is 5. The van der Waals surface area contributed by atoms with E-state index >= 15 is 0 Å². The van der Waals surface area contributed by atoms with Crippen LogP contribution < -0.4 is 18.9 Å². The van der Waals surface area contributed by atoms with Gasteiger partial charge in [0, 0.05) is 24.6 Å². The Morgan fingerprint density at radius 1 is 0.493 bits per heavy atom. The summed E-state index contributed by atoms with van der Waals surface area (Å²) >= 11 is 0. The predicted octanol–water partition coefficient (Wildman–Crippen LogP) is 16.4. The van der Waals surface area contributed by atoms with Crippen molar-refractivity contribution in [1.82, 2.24) is 0 Å². The highest BCUT2D eigenvalue weighted by molar-refractivity contribution is 5.94. The van der Waals surface area contributed by atoms with Gasteiger partial charge < -0.3 is 18.9 Å². The van der Waals surface area contributed by atoms with Gasteiger partial charge in [-0.3, -0.25) is 20.1 Å². The minimum Gasteiger partial charge on any atom is -0.491 e. The van der Waals surface area contributed by atoms with Crippen LogP contribution in [0.15, 0.2) is 113 Å². The van der Waals surface area contributed by atoms with Crippen LogP contribution in [0.5, 0.6) is 23.0 Å². The lowest BCUT2D eigenvalue weighted by Gasteiger charge is -2.09. The molecule has 0 heterocycles. The maximum Gasteiger partial charge on any atom is 0.353 e. The molecule has 0 amide bonds. The van der Waals surface area contributed by atoms with Crippen LogP contribution in [-0.2, 0) is 0 Å². The first-order chi connectivity index (χ1) is 34.6. The highest BCUT2D eigenvalue weighted by Gasteiger charge is 2.27. The molecule has 0 spiro atoms. The Morgan fingerprint density at radius 3 is 1.18 bits per heavy atom. The van der Waals surface area contributed by atoms with Crippen molar-refractivity contribution in [2.75, 3.05) is 13.2 Å². The first-order valence-electron chi connectivity index (χ1n) is 25.5. The molecule has 0 fully saturated rings. The van der Waals surface area contributed by atoms with E-state index in [0.29, 0.717) is 35.7 Å². The average molecular weight is 974 g/mol. The van der Waals surface area contributed by atoms with E-state index in [1.54, 1.807) is 48.5 Å². The fourth-order valence-electron chi connectivity index (χ4n) is 7.79. The summed E-state index contributed by atoms with van der Waals surface area (Å²) in [6, 6.07) is 25.0. The number of esters is 2. The molecule has 0 N–H and O–H groups in total. The summed E-state index contributed by atoms with van der Waals surface area (Å²) in [4.78, 5) is 46.4. The van der Waals surface area contributed by atoms with Gasteiger partial charge >= 0.3 is 17.6 Å². The van der Waals surface area contributed by atoms with Gasteiger partial charge in [-0.1, -0.05) is 160 Å². The summed E-state index contributed by atoms with van der Waals surface area (Å²) in [7, 11) is 0. The molecule has 13 heteroatoms. The molecule has 0 aliphatic heterocycles. The van der Waals surface area contributed by atoms with E-state index in [2.05, 4.69) is 23.8 Å². The Hall–Kier alpha value is -6.76.